The van der Waals surface area contributed by atoms with Crippen LogP contribution in [0.4, 0.5) is 4.39 Å². The molecule has 30 heavy (non-hydrogen) atoms. The van der Waals surface area contributed by atoms with Crippen molar-refractivity contribution in [2.45, 2.75) is 56.9 Å². The van der Waals surface area contributed by atoms with E-state index in [1.54, 1.807) is 6.07 Å². The lowest BCUT2D eigenvalue weighted by molar-refractivity contribution is -0.137. The molecule has 1 saturated carbocycles. The minimum atomic E-state index is -1.60. The van der Waals surface area contributed by atoms with Gasteiger partial charge < -0.3 is 15.3 Å². The highest BCUT2D eigenvalue weighted by Crippen LogP contribution is 2.39. The van der Waals surface area contributed by atoms with Gasteiger partial charge in [-0.1, -0.05) is 30.4 Å². The molecule has 1 aliphatic carbocycles. The maximum Gasteiger partial charge on any atom is 0.303 e. The first-order chi connectivity index (χ1) is 14.4. The summed E-state index contributed by atoms with van der Waals surface area (Å²) in [6.07, 6.45) is 1.48. The van der Waals surface area contributed by atoms with Crippen LogP contribution < -0.4 is 0 Å². The molecule has 1 aromatic carbocycles. The second-order valence-corrected chi connectivity index (χ2v) is 9.00. The monoisotopic (exact) mass is 434 g/mol. The van der Waals surface area contributed by atoms with E-state index < -0.39 is 30.3 Å². The number of thiophene rings is 1. The third-order valence-corrected chi connectivity index (χ3v) is 6.92. The van der Waals surface area contributed by atoms with Gasteiger partial charge in [-0.05, 0) is 49.1 Å². The highest BCUT2D eigenvalue weighted by molar-refractivity contribution is 7.19. The maximum atomic E-state index is 14.9. The number of ketones is 1. The van der Waals surface area contributed by atoms with Gasteiger partial charge in [0.05, 0.1) is 6.10 Å². The van der Waals surface area contributed by atoms with E-state index in [0.29, 0.717) is 24.1 Å². The fourth-order valence-corrected chi connectivity index (χ4v) is 5.18. The molecule has 0 aliphatic heterocycles. The third-order valence-electron chi connectivity index (χ3n) is 5.73. The molecule has 1 aromatic heterocycles. The molecule has 0 saturated heterocycles. The van der Waals surface area contributed by atoms with Gasteiger partial charge in [0.1, 0.15) is 18.1 Å². The number of hydrogen-bond donors (Lipinski definition) is 3. The molecular weight excluding hydrogens is 407 g/mol. The number of halogens is 1. The number of rotatable bonds is 10. The number of aliphatic hydroxyl groups excluding tert-OH is 2. The van der Waals surface area contributed by atoms with Gasteiger partial charge in [-0.2, -0.15) is 0 Å². The lowest BCUT2D eigenvalue weighted by Crippen LogP contribution is -2.25. The van der Waals surface area contributed by atoms with Crippen LogP contribution in [0.15, 0.2) is 42.5 Å². The molecule has 2 unspecified atom stereocenters. The largest absolute Gasteiger partial charge is 0.481 e. The molecule has 0 amide bonds. The Morgan fingerprint density at radius 1 is 1.30 bits per heavy atom. The number of Topliss-reactive ketones (excluding diaryl/α,β-unsaturated/α-hetero) is 1. The number of alkyl halides is 1. The standard InChI is InChI=1S/C23H27FO5S/c24-17(23(29)21-11-14-7-5-6-9-20(14)30-21)12-16-15(18(25)13-19(16)26)8-3-1-2-4-10-22(27)28/h1,3,5-7,9,11,15-18,23,25,29H,2,4,8,10,12-13H2,(H,27,28)/b3-1-/t15-,16-,17?,18+,23?/m1/s1. The molecular formula is C23H27FO5S. The van der Waals surface area contributed by atoms with Gasteiger partial charge in [0, 0.05) is 28.3 Å². The Labute approximate surface area is 178 Å². The summed E-state index contributed by atoms with van der Waals surface area (Å²) < 4.78 is 15.9. The molecule has 0 bridgehead atoms. The van der Waals surface area contributed by atoms with Crippen molar-refractivity contribution in [1.82, 2.24) is 0 Å². The third kappa shape index (κ3) is 5.53. The SMILES string of the molecule is O=C(O)CCC/C=C\C[C@H]1[C@@H](O)CC(=O)[C@@H]1CC(F)C(O)c1cc2ccccc2s1. The van der Waals surface area contributed by atoms with Gasteiger partial charge in [-0.25, -0.2) is 4.39 Å². The number of allylic oxidation sites excluding steroid dienone is 2. The van der Waals surface area contributed by atoms with Crippen LogP contribution in [0.25, 0.3) is 10.1 Å². The van der Waals surface area contributed by atoms with Gasteiger partial charge >= 0.3 is 5.97 Å². The van der Waals surface area contributed by atoms with E-state index >= 15 is 0 Å². The predicted molar refractivity (Wildman–Crippen MR) is 114 cm³/mol. The highest BCUT2D eigenvalue weighted by Gasteiger charge is 2.43. The topological polar surface area (TPSA) is 94.8 Å². The lowest BCUT2D eigenvalue weighted by Gasteiger charge is -2.23. The van der Waals surface area contributed by atoms with E-state index in [0.717, 1.165) is 10.1 Å². The Hall–Kier alpha value is -2.09. The minimum Gasteiger partial charge on any atom is -0.481 e. The number of carboxylic acids is 1. The molecule has 0 spiro atoms. The molecule has 162 valence electrons. The smallest absolute Gasteiger partial charge is 0.303 e. The summed E-state index contributed by atoms with van der Waals surface area (Å²) in [6, 6.07) is 9.38. The highest BCUT2D eigenvalue weighted by atomic mass is 32.1. The van der Waals surface area contributed by atoms with Gasteiger partial charge in [-0.3, -0.25) is 9.59 Å². The average molecular weight is 435 g/mol. The van der Waals surface area contributed by atoms with Crippen LogP contribution in [0, 0.1) is 11.8 Å². The first-order valence-electron chi connectivity index (χ1n) is 10.2. The first kappa shape index (κ1) is 22.6. The molecule has 3 rings (SSSR count). The van der Waals surface area contributed by atoms with Crippen molar-refractivity contribution < 1.29 is 29.3 Å². The van der Waals surface area contributed by atoms with Gasteiger partial charge in [-0.15, -0.1) is 11.3 Å². The minimum absolute atomic E-state index is 0.00783. The van der Waals surface area contributed by atoms with Crippen LogP contribution in [0.5, 0.6) is 0 Å². The van der Waals surface area contributed by atoms with E-state index in [1.807, 2.05) is 36.4 Å². The normalized spacial score (nSPS) is 24.0. The van der Waals surface area contributed by atoms with E-state index in [4.69, 9.17) is 5.11 Å². The summed E-state index contributed by atoms with van der Waals surface area (Å²) in [5, 5.41) is 30.4. The molecule has 3 N–H and O–H groups in total. The van der Waals surface area contributed by atoms with Crippen LogP contribution in [-0.2, 0) is 9.59 Å². The summed E-state index contributed by atoms with van der Waals surface area (Å²) >= 11 is 1.34. The van der Waals surface area contributed by atoms with Gasteiger partial charge in [0.15, 0.2) is 0 Å². The first-order valence-corrected chi connectivity index (χ1v) is 11.1. The zero-order chi connectivity index (χ0) is 21.7. The van der Waals surface area contributed by atoms with Crippen molar-refractivity contribution in [2.24, 2.45) is 11.8 Å². The van der Waals surface area contributed by atoms with Crippen LogP contribution in [0.2, 0.25) is 0 Å². The fourth-order valence-electron chi connectivity index (χ4n) is 4.08. The number of benzene rings is 1. The number of fused-ring (bicyclic) bond motifs is 1. The van der Waals surface area contributed by atoms with Crippen LogP contribution >= 0.6 is 11.3 Å². The number of aliphatic carboxylic acids is 1. The van der Waals surface area contributed by atoms with Gasteiger partial charge in [0.2, 0.25) is 0 Å². The second kappa shape index (κ2) is 10.3. The zero-order valence-electron chi connectivity index (χ0n) is 16.6. The Kier molecular flexibility index (Phi) is 7.75. The van der Waals surface area contributed by atoms with Crippen molar-refractivity contribution in [1.29, 1.82) is 0 Å². The zero-order valence-corrected chi connectivity index (χ0v) is 17.4. The Morgan fingerprint density at radius 3 is 2.80 bits per heavy atom. The van der Waals surface area contributed by atoms with Crippen LogP contribution in [0.3, 0.4) is 0 Å². The Bertz CT molecular complexity index is 875. The summed E-state index contributed by atoms with van der Waals surface area (Å²) in [7, 11) is 0. The van der Waals surface area contributed by atoms with Crippen molar-refractivity contribution >= 4 is 33.2 Å². The summed E-state index contributed by atoms with van der Waals surface area (Å²) in [6.45, 7) is 0. The number of aliphatic hydroxyl groups is 2. The number of carbonyl (C=O) groups excluding carboxylic acids is 1. The molecule has 0 radical (unpaired) electrons. The number of carboxylic acid groups (broad SMARTS) is 1. The van der Waals surface area contributed by atoms with Crippen LogP contribution in [-0.4, -0.2) is 39.3 Å². The summed E-state index contributed by atoms with van der Waals surface area (Å²) in [5.41, 5.74) is 0. The van der Waals surface area contributed by atoms with E-state index in [1.165, 1.54) is 11.3 Å². The van der Waals surface area contributed by atoms with Crippen molar-refractivity contribution in [3.05, 3.63) is 47.4 Å². The van der Waals surface area contributed by atoms with Crippen LogP contribution in [0.1, 0.15) is 49.5 Å². The molecule has 2 aromatic rings. The molecule has 7 heteroatoms. The van der Waals surface area contributed by atoms with Crippen molar-refractivity contribution in [3.8, 4) is 0 Å². The molecule has 1 fully saturated rings. The van der Waals surface area contributed by atoms with E-state index in [9.17, 15) is 24.2 Å². The summed E-state index contributed by atoms with van der Waals surface area (Å²) in [4.78, 5) is 23.4. The van der Waals surface area contributed by atoms with E-state index in [-0.39, 0.29) is 31.0 Å². The Balaban J connectivity index is 1.59. The lowest BCUT2D eigenvalue weighted by atomic mass is 9.86. The van der Waals surface area contributed by atoms with Crippen molar-refractivity contribution in [3.63, 3.8) is 0 Å². The van der Waals surface area contributed by atoms with Crippen molar-refractivity contribution in [2.75, 3.05) is 0 Å². The summed E-state index contributed by atoms with van der Waals surface area (Å²) in [5.74, 6) is -2.03. The molecule has 1 heterocycles. The second-order valence-electron chi connectivity index (χ2n) is 7.88. The number of unbranched alkanes of at least 4 members (excludes halogenated alkanes) is 1. The number of hydrogen-bond acceptors (Lipinski definition) is 5. The fraction of sp³-hybridized carbons (Fsp3) is 0.478. The molecule has 5 atom stereocenters. The van der Waals surface area contributed by atoms with Gasteiger partial charge in [0.25, 0.3) is 0 Å². The maximum absolute atomic E-state index is 14.9. The number of carbonyl (C=O) groups is 2. The molecule has 1 aliphatic rings. The Morgan fingerprint density at radius 2 is 2.07 bits per heavy atom. The van der Waals surface area contributed by atoms with E-state index in [2.05, 4.69) is 0 Å². The molecule has 5 nitrogen and oxygen atoms in total. The average Bonchev–Trinajstić information content (AvgIpc) is 3.25. The quantitative estimate of drug-likeness (QED) is 0.380. The predicted octanol–water partition coefficient (Wildman–Crippen LogP) is 4.43.